The Morgan fingerprint density at radius 2 is 0.712 bits per heavy atom. The van der Waals surface area contributed by atoms with Crippen LogP contribution in [0.5, 0.6) is 0 Å². The molecule has 6 heteroatoms. The zero-order valence-electron chi connectivity index (χ0n) is 37.5. The van der Waals surface area contributed by atoms with E-state index in [9.17, 15) is 14.4 Å². The molecule has 0 amide bonds. The van der Waals surface area contributed by atoms with Crippen molar-refractivity contribution in [3.8, 4) is 0 Å². The maximum Gasteiger partial charge on any atom is 0.306 e. The first-order valence-corrected chi connectivity index (χ1v) is 23.1. The van der Waals surface area contributed by atoms with Gasteiger partial charge in [0.15, 0.2) is 6.10 Å². The second kappa shape index (κ2) is 46.5. The maximum absolute atomic E-state index is 12.7. The lowest BCUT2D eigenvalue weighted by Gasteiger charge is -2.18. The minimum absolute atomic E-state index is 0.122. The van der Waals surface area contributed by atoms with Gasteiger partial charge in [0.2, 0.25) is 0 Å². The normalized spacial score (nSPS) is 13.2. The number of rotatable bonds is 39. The summed E-state index contributed by atoms with van der Waals surface area (Å²) in [5.41, 5.74) is 0. The van der Waals surface area contributed by atoms with E-state index in [-0.39, 0.29) is 37.5 Å². The highest BCUT2D eigenvalue weighted by molar-refractivity contribution is 5.71. The van der Waals surface area contributed by atoms with Gasteiger partial charge in [0.05, 0.1) is 0 Å². The summed E-state index contributed by atoms with van der Waals surface area (Å²) < 4.78 is 16.6. The van der Waals surface area contributed by atoms with E-state index in [1.165, 1.54) is 19.3 Å². The lowest BCUT2D eigenvalue weighted by molar-refractivity contribution is -0.167. The second-order valence-electron chi connectivity index (χ2n) is 14.6. The monoisotopic (exact) mass is 815 g/mol. The third-order valence-electron chi connectivity index (χ3n) is 9.00. The van der Waals surface area contributed by atoms with Crippen LogP contribution in [0.1, 0.15) is 175 Å². The van der Waals surface area contributed by atoms with Crippen LogP contribution >= 0.6 is 0 Å². The van der Waals surface area contributed by atoms with Crippen molar-refractivity contribution in [2.75, 3.05) is 13.2 Å². The van der Waals surface area contributed by atoms with Gasteiger partial charge in [-0.25, -0.2) is 0 Å². The van der Waals surface area contributed by atoms with E-state index >= 15 is 0 Å². The fourth-order valence-electron chi connectivity index (χ4n) is 5.63. The quantitative estimate of drug-likeness (QED) is 0.0202. The number of carbonyl (C=O) groups is 3. The van der Waals surface area contributed by atoms with Crippen LogP contribution in [0.15, 0.2) is 122 Å². The predicted octanol–water partition coefficient (Wildman–Crippen LogP) is 15.0. The van der Waals surface area contributed by atoms with E-state index in [0.29, 0.717) is 19.3 Å². The molecule has 1 unspecified atom stereocenters. The van der Waals surface area contributed by atoms with Crippen molar-refractivity contribution in [2.45, 2.75) is 181 Å². The second-order valence-corrected chi connectivity index (χ2v) is 14.6. The van der Waals surface area contributed by atoms with Crippen molar-refractivity contribution < 1.29 is 28.6 Å². The summed E-state index contributed by atoms with van der Waals surface area (Å²) in [6, 6.07) is 0. The third-order valence-corrected chi connectivity index (χ3v) is 9.00. The molecule has 59 heavy (non-hydrogen) atoms. The van der Waals surface area contributed by atoms with Crippen LogP contribution in [-0.2, 0) is 28.6 Å². The summed E-state index contributed by atoms with van der Waals surface area (Å²) >= 11 is 0. The van der Waals surface area contributed by atoms with Crippen LogP contribution in [0.2, 0.25) is 0 Å². The average Bonchev–Trinajstić information content (AvgIpc) is 3.23. The Morgan fingerprint density at radius 1 is 0.356 bits per heavy atom. The number of allylic oxidation sites excluding steroid dienone is 20. The van der Waals surface area contributed by atoms with Crippen molar-refractivity contribution in [2.24, 2.45) is 0 Å². The topological polar surface area (TPSA) is 78.9 Å². The highest BCUT2D eigenvalue weighted by Gasteiger charge is 2.19. The Labute approximate surface area is 361 Å². The Morgan fingerprint density at radius 3 is 1.24 bits per heavy atom. The van der Waals surface area contributed by atoms with Crippen molar-refractivity contribution in [1.82, 2.24) is 0 Å². The van der Waals surface area contributed by atoms with E-state index < -0.39 is 6.10 Å². The molecule has 0 rings (SSSR count). The summed E-state index contributed by atoms with van der Waals surface area (Å²) in [4.78, 5) is 37.7. The Balaban J connectivity index is 4.52. The molecule has 330 valence electrons. The molecule has 0 saturated carbocycles. The highest BCUT2D eigenvalue weighted by atomic mass is 16.6. The zero-order valence-corrected chi connectivity index (χ0v) is 37.5. The van der Waals surface area contributed by atoms with E-state index in [1.807, 2.05) is 0 Å². The molecule has 0 bridgehead atoms. The van der Waals surface area contributed by atoms with Gasteiger partial charge in [0, 0.05) is 19.3 Å². The molecule has 0 aliphatic carbocycles. The first-order valence-electron chi connectivity index (χ1n) is 23.1. The van der Waals surface area contributed by atoms with E-state index in [0.717, 1.165) is 109 Å². The maximum atomic E-state index is 12.7. The molecule has 6 nitrogen and oxygen atoms in total. The van der Waals surface area contributed by atoms with Crippen molar-refractivity contribution in [3.05, 3.63) is 122 Å². The molecule has 0 aromatic heterocycles. The largest absolute Gasteiger partial charge is 0.462 e. The number of hydrogen-bond acceptors (Lipinski definition) is 6. The van der Waals surface area contributed by atoms with Crippen molar-refractivity contribution in [1.29, 1.82) is 0 Å². The minimum atomic E-state index is -0.821. The van der Waals surface area contributed by atoms with Gasteiger partial charge >= 0.3 is 17.9 Å². The van der Waals surface area contributed by atoms with Gasteiger partial charge in [-0.1, -0.05) is 174 Å². The number of ether oxygens (including phenoxy) is 3. The standard InChI is InChI=1S/C53H82O6/c1-4-7-10-13-16-19-21-23-25-26-28-29-31-34-37-40-43-46-52(55)58-49-50(48-57-51(54)45-42-39-36-33-18-15-12-9-6-3)59-53(56)47-44-41-38-35-32-30-27-24-22-20-17-14-11-8-5-2/h7-12,14,16-20,22-23,25,28-29,33-34,37,50H,4-6,13,15,21,24,26-27,30-32,35-36,38-49H2,1-3H3/b10-7-,11-8-,12-9-,17-14-,19-16-,22-20-,25-23-,29-28-,33-18-,37-34-. The van der Waals surface area contributed by atoms with Crippen LogP contribution in [0, 0.1) is 0 Å². The van der Waals surface area contributed by atoms with Crippen molar-refractivity contribution >= 4 is 17.9 Å². The molecule has 0 aliphatic rings. The summed E-state index contributed by atoms with van der Waals surface area (Å²) in [5, 5.41) is 0. The molecule has 0 aromatic rings. The van der Waals surface area contributed by atoms with Crippen LogP contribution in [0.3, 0.4) is 0 Å². The van der Waals surface area contributed by atoms with Crippen LogP contribution in [0.4, 0.5) is 0 Å². The molecular formula is C53H82O6. The lowest BCUT2D eigenvalue weighted by Crippen LogP contribution is -2.30. The van der Waals surface area contributed by atoms with Gasteiger partial charge in [-0.05, 0) is 103 Å². The molecular weight excluding hydrogens is 733 g/mol. The van der Waals surface area contributed by atoms with Gasteiger partial charge in [-0.15, -0.1) is 0 Å². The Hall–Kier alpha value is -4.19. The molecule has 0 N–H and O–H groups in total. The van der Waals surface area contributed by atoms with E-state index in [2.05, 4.69) is 142 Å². The molecule has 0 radical (unpaired) electrons. The minimum Gasteiger partial charge on any atom is -0.462 e. The van der Waals surface area contributed by atoms with Crippen LogP contribution in [-0.4, -0.2) is 37.2 Å². The average molecular weight is 815 g/mol. The number of unbranched alkanes of at least 4 members (excludes halogenated alkanes) is 10. The molecule has 0 aromatic carbocycles. The first-order chi connectivity index (χ1) is 29.0. The lowest BCUT2D eigenvalue weighted by atomic mass is 10.1. The fourth-order valence-corrected chi connectivity index (χ4v) is 5.63. The van der Waals surface area contributed by atoms with Gasteiger partial charge in [-0.2, -0.15) is 0 Å². The van der Waals surface area contributed by atoms with Crippen molar-refractivity contribution in [3.63, 3.8) is 0 Å². The summed E-state index contributed by atoms with van der Waals surface area (Å²) in [5.74, 6) is -1.04. The fraction of sp³-hybridized carbons (Fsp3) is 0.566. The van der Waals surface area contributed by atoms with E-state index in [4.69, 9.17) is 14.2 Å². The molecule has 0 fully saturated rings. The molecule has 0 heterocycles. The molecule has 0 saturated heterocycles. The van der Waals surface area contributed by atoms with Crippen LogP contribution < -0.4 is 0 Å². The summed E-state index contributed by atoms with van der Waals surface area (Å²) in [7, 11) is 0. The smallest absolute Gasteiger partial charge is 0.306 e. The molecule has 0 spiro atoms. The van der Waals surface area contributed by atoms with Gasteiger partial charge in [-0.3, -0.25) is 14.4 Å². The highest BCUT2D eigenvalue weighted by Crippen LogP contribution is 2.12. The molecule has 1 atom stereocenters. The van der Waals surface area contributed by atoms with Gasteiger partial charge in [0.1, 0.15) is 13.2 Å². The Bertz CT molecular complexity index is 1300. The number of carbonyl (C=O) groups excluding carboxylic acids is 3. The van der Waals surface area contributed by atoms with E-state index in [1.54, 1.807) is 0 Å². The zero-order chi connectivity index (χ0) is 43.0. The Kier molecular flexibility index (Phi) is 43.2. The van der Waals surface area contributed by atoms with Gasteiger partial charge < -0.3 is 14.2 Å². The van der Waals surface area contributed by atoms with Gasteiger partial charge in [0.25, 0.3) is 0 Å². The SMILES string of the molecule is CC\C=C/C=C\C=C/CCCCCCCCCC(=O)OC(COC(=O)CCC/C=C\C/C=C\C/C=C\C/C=C\C/C=C\CC)COC(=O)CCCC/C=C\C/C=C\CC. The third kappa shape index (κ3) is 44.8. The number of esters is 3. The first kappa shape index (κ1) is 54.8. The molecule has 0 aliphatic heterocycles. The number of hydrogen-bond donors (Lipinski definition) is 0. The summed E-state index contributed by atoms with van der Waals surface area (Å²) in [6.45, 7) is 6.14. The van der Waals surface area contributed by atoms with Crippen LogP contribution in [0.25, 0.3) is 0 Å². The summed E-state index contributed by atoms with van der Waals surface area (Å²) in [6.07, 6.45) is 63.4. The predicted molar refractivity (Wildman–Crippen MR) is 251 cm³/mol.